The van der Waals surface area contributed by atoms with Gasteiger partial charge in [0.05, 0.1) is 17.7 Å². The molecule has 3 aromatic rings. The maximum absolute atomic E-state index is 14.2. The Balaban J connectivity index is 2.09. The monoisotopic (exact) mass is 599 g/mol. The van der Waals surface area contributed by atoms with E-state index in [-0.39, 0.29) is 29.1 Å². The van der Waals surface area contributed by atoms with Crippen LogP contribution in [0.15, 0.2) is 77.7 Å². The van der Waals surface area contributed by atoms with Gasteiger partial charge in [-0.05, 0) is 68.7 Å². The minimum Gasteiger partial charge on any atom is -0.495 e. The average molecular weight is 600 g/mol. The number of halogens is 1. The molecule has 10 heteroatoms. The third-order valence-corrected chi connectivity index (χ3v) is 8.92. The van der Waals surface area contributed by atoms with E-state index in [4.69, 9.17) is 16.3 Å². The molecule has 0 spiro atoms. The molecule has 0 radical (unpaired) electrons. The lowest BCUT2D eigenvalue weighted by molar-refractivity contribution is -0.140. The van der Waals surface area contributed by atoms with Gasteiger partial charge in [0, 0.05) is 17.6 Å². The first kappa shape index (κ1) is 32.0. The van der Waals surface area contributed by atoms with Crippen LogP contribution in [0.5, 0.6) is 5.75 Å². The fourth-order valence-electron chi connectivity index (χ4n) is 4.33. The standard InChI is InChI=1S/C31H38ClN3O5S/c1-6-23(4)33-31(37)27(7-2)34(20-24-14-16-25(32)17-15-24)30(36)21-35(28-10-8-9-11-29(28)40-5)41(38,39)26-18-12-22(3)13-19-26/h8-19,23,27H,6-7,20-21H2,1-5H3,(H,33,37). The Labute approximate surface area is 248 Å². The van der Waals surface area contributed by atoms with Crippen LogP contribution in [0, 0.1) is 6.92 Å². The van der Waals surface area contributed by atoms with Crippen molar-refractivity contribution in [3.63, 3.8) is 0 Å². The van der Waals surface area contributed by atoms with Gasteiger partial charge >= 0.3 is 0 Å². The fourth-order valence-corrected chi connectivity index (χ4v) is 5.88. The second-order valence-electron chi connectivity index (χ2n) is 9.89. The van der Waals surface area contributed by atoms with Crippen LogP contribution in [-0.4, -0.2) is 50.9 Å². The van der Waals surface area contributed by atoms with Crippen molar-refractivity contribution in [2.75, 3.05) is 18.0 Å². The molecule has 0 aliphatic heterocycles. The number of rotatable bonds is 13. The van der Waals surface area contributed by atoms with E-state index in [0.717, 1.165) is 21.9 Å². The summed E-state index contributed by atoms with van der Waals surface area (Å²) in [6.45, 7) is 7.09. The van der Waals surface area contributed by atoms with E-state index >= 15 is 0 Å². The molecule has 1 N–H and O–H groups in total. The van der Waals surface area contributed by atoms with Gasteiger partial charge in [0.1, 0.15) is 18.3 Å². The van der Waals surface area contributed by atoms with E-state index in [1.807, 2.05) is 27.7 Å². The molecule has 41 heavy (non-hydrogen) atoms. The SMILES string of the molecule is CCC(C)NC(=O)C(CC)N(Cc1ccc(Cl)cc1)C(=O)CN(c1ccccc1OC)S(=O)(=O)c1ccc(C)cc1. The fraction of sp³-hybridized carbons (Fsp3) is 0.355. The van der Waals surface area contributed by atoms with Crippen LogP contribution in [-0.2, 0) is 26.2 Å². The lowest BCUT2D eigenvalue weighted by atomic mass is 10.1. The van der Waals surface area contributed by atoms with Gasteiger partial charge in [-0.1, -0.05) is 67.4 Å². The van der Waals surface area contributed by atoms with E-state index in [2.05, 4.69) is 5.32 Å². The van der Waals surface area contributed by atoms with Gasteiger partial charge in [-0.3, -0.25) is 13.9 Å². The summed E-state index contributed by atoms with van der Waals surface area (Å²) >= 11 is 6.08. The van der Waals surface area contributed by atoms with Crippen molar-refractivity contribution in [1.29, 1.82) is 0 Å². The number of methoxy groups -OCH3 is 1. The van der Waals surface area contributed by atoms with E-state index in [0.29, 0.717) is 17.2 Å². The smallest absolute Gasteiger partial charge is 0.264 e. The van der Waals surface area contributed by atoms with Crippen LogP contribution in [0.1, 0.15) is 44.7 Å². The zero-order valence-electron chi connectivity index (χ0n) is 24.1. The van der Waals surface area contributed by atoms with Crippen LogP contribution in [0.3, 0.4) is 0 Å². The third-order valence-electron chi connectivity index (χ3n) is 6.89. The Hall–Kier alpha value is -3.56. The molecule has 220 valence electrons. The first-order valence-electron chi connectivity index (χ1n) is 13.6. The number of hydrogen-bond acceptors (Lipinski definition) is 5. The highest BCUT2D eigenvalue weighted by molar-refractivity contribution is 7.92. The zero-order valence-corrected chi connectivity index (χ0v) is 25.7. The lowest BCUT2D eigenvalue weighted by Gasteiger charge is -2.34. The van der Waals surface area contributed by atoms with Crippen molar-refractivity contribution < 1.29 is 22.7 Å². The second kappa shape index (κ2) is 14.4. The van der Waals surface area contributed by atoms with Crippen molar-refractivity contribution >= 4 is 39.1 Å². The molecular formula is C31H38ClN3O5S. The molecule has 0 fully saturated rings. The summed E-state index contributed by atoms with van der Waals surface area (Å²) < 4.78 is 34.6. The highest BCUT2D eigenvalue weighted by Crippen LogP contribution is 2.32. The minimum atomic E-state index is -4.20. The Morgan fingerprint density at radius 3 is 2.17 bits per heavy atom. The van der Waals surface area contributed by atoms with Crippen molar-refractivity contribution in [3.05, 3.63) is 88.9 Å². The van der Waals surface area contributed by atoms with Crippen LogP contribution >= 0.6 is 11.6 Å². The topological polar surface area (TPSA) is 96.0 Å². The number of ether oxygens (including phenoxy) is 1. The van der Waals surface area contributed by atoms with E-state index < -0.39 is 28.5 Å². The summed E-state index contributed by atoms with van der Waals surface area (Å²) in [6, 6.07) is 19.1. The summed E-state index contributed by atoms with van der Waals surface area (Å²) in [4.78, 5) is 29.0. The van der Waals surface area contributed by atoms with Crippen molar-refractivity contribution in [2.24, 2.45) is 0 Å². The molecule has 0 aliphatic rings. The number of amides is 2. The molecule has 0 heterocycles. The molecule has 3 aromatic carbocycles. The van der Waals surface area contributed by atoms with E-state index in [9.17, 15) is 18.0 Å². The number of nitrogens with zero attached hydrogens (tertiary/aromatic N) is 2. The number of aryl methyl sites for hydroxylation is 1. The molecule has 8 nitrogen and oxygen atoms in total. The van der Waals surface area contributed by atoms with Gasteiger partial charge in [-0.15, -0.1) is 0 Å². The van der Waals surface area contributed by atoms with Crippen LogP contribution in [0.4, 0.5) is 5.69 Å². The molecule has 3 rings (SSSR count). The van der Waals surface area contributed by atoms with Gasteiger partial charge in [0.15, 0.2) is 0 Å². The molecule has 0 saturated carbocycles. The summed E-state index contributed by atoms with van der Waals surface area (Å²) in [7, 11) is -2.76. The number of carbonyl (C=O) groups is 2. The van der Waals surface area contributed by atoms with E-state index in [1.165, 1.54) is 24.1 Å². The number of para-hydroxylation sites is 2. The maximum Gasteiger partial charge on any atom is 0.264 e. The molecule has 2 amide bonds. The van der Waals surface area contributed by atoms with Gasteiger partial charge in [-0.25, -0.2) is 8.42 Å². The largest absolute Gasteiger partial charge is 0.495 e. The molecule has 2 unspecified atom stereocenters. The first-order chi connectivity index (χ1) is 19.5. The molecule has 0 bridgehead atoms. The highest BCUT2D eigenvalue weighted by atomic mass is 35.5. The number of hydrogen-bond donors (Lipinski definition) is 1. The quantitative estimate of drug-likeness (QED) is 0.277. The van der Waals surface area contributed by atoms with Crippen LogP contribution < -0.4 is 14.4 Å². The predicted octanol–water partition coefficient (Wildman–Crippen LogP) is 5.57. The van der Waals surface area contributed by atoms with E-state index in [1.54, 1.807) is 60.7 Å². The summed E-state index contributed by atoms with van der Waals surface area (Å²) in [6.07, 6.45) is 1.06. The lowest BCUT2D eigenvalue weighted by Crippen LogP contribution is -2.53. The summed E-state index contributed by atoms with van der Waals surface area (Å²) in [5.41, 5.74) is 1.87. The van der Waals surface area contributed by atoms with Gasteiger partial charge in [0.25, 0.3) is 10.0 Å². The zero-order chi connectivity index (χ0) is 30.2. The molecule has 2 atom stereocenters. The first-order valence-corrected chi connectivity index (χ1v) is 15.4. The predicted molar refractivity (Wildman–Crippen MR) is 163 cm³/mol. The van der Waals surface area contributed by atoms with Gasteiger partial charge < -0.3 is 15.0 Å². The van der Waals surface area contributed by atoms with Gasteiger partial charge in [-0.2, -0.15) is 0 Å². The minimum absolute atomic E-state index is 0.0348. The third kappa shape index (κ3) is 8.01. The second-order valence-corrected chi connectivity index (χ2v) is 12.2. The summed E-state index contributed by atoms with van der Waals surface area (Å²) in [5, 5.41) is 3.51. The molecule has 0 aromatic heterocycles. The molecule has 0 saturated heterocycles. The normalized spacial score (nSPS) is 12.7. The van der Waals surface area contributed by atoms with Crippen LogP contribution in [0.2, 0.25) is 5.02 Å². The van der Waals surface area contributed by atoms with Crippen LogP contribution in [0.25, 0.3) is 0 Å². The Morgan fingerprint density at radius 1 is 0.951 bits per heavy atom. The Bertz CT molecular complexity index is 1430. The Morgan fingerprint density at radius 2 is 1.59 bits per heavy atom. The number of carbonyl (C=O) groups excluding carboxylic acids is 2. The number of benzene rings is 3. The Kier molecular flexibility index (Phi) is 11.2. The van der Waals surface area contributed by atoms with Gasteiger partial charge in [0.2, 0.25) is 11.8 Å². The van der Waals surface area contributed by atoms with Crippen molar-refractivity contribution in [3.8, 4) is 5.75 Å². The van der Waals surface area contributed by atoms with Crippen molar-refractivity contribution in [1.82, 2.24) is 10.2 Å². The number of sulfonamides is 1. The number of nitrogens with one attached hydrogen (secondary N) is 1. The maximum atomic E-state index is 14.2. The average Bonchev–Trinajstić information content (AvgIpc) is 2.96. The highest BCUT2D eigenvalue weighted by Gasteiger charge is 2.35. The molecular weight excluding hydrogens is 562 g/mol. The molecule has 0 aliphatic carbocycles. The summed E-state index contributed by atoms with van der Waals surface area (Å²) in [5.74, 6) is -0.538. The van der Waals surface area contributed by atoms with Crippen molar-refractivity contribution in [2.45, 2.75) is 64.1 Å². The number of anilines is 1.